The van der Waals surface area contributed by atoms with Crippen LogP contribution < -0.4 is 15.8 Å². The first-order valence-corrected chi connectivity index (χ1v) is 8.12. The second-order valence-electron chi connectivity index (χ2n) is 5.87. The van der Waals surface area contributed by atoms with Crippen LogP contribution in [0.2, 0.25) is 0 Å². The minimum atomic E-state index is -0.133. The molecule has 0 spiro atoms. The number of benzene rings is 1. The largest absolute Gasteiger partial charge is 0.490 e. The first-order valence-electron chi connectivity index (χ1n) is 8.12. The summed E-state index contributed by atoms with van der Waals surface area (Å²) in [5, 5.41) is 10.3. The monoisotopic (exact) mass is 336 g/mol. The maximum atomic E-state index is 11.8. The molecule has 1 unspecified atom stereocenters. The lowest BCUT2D eigenvalue weighted by atomic mass is 10.0. The highest BCUT2D eigenvalue weighted by Gasteiger charge is 2.23. The van der Waals surface area contributed by atoms with E-state index in [-0.39, 0.29) is 17.8 Å². The number of nitrogens with two attached hydrogens (primary N) is 1. The summed E-state index contributed by atoms with van der Waals surface area (Å²) in [7, 11) is 0. The summed E-state index contributed by atoms with van der Waals surface area (Å²) in [6.07, 6.45) is 8.15. The number of nitrogens with zero attached hydrogens (tertiary/aromatic N) is 1. The number of hydrogen-bond acceptors (Lipinski definition) is 4. The Morgan fingerprint density at radius 1 is 1.36 bits per heavy atom. The van der Waals surface area contributed by atoms with Crippen LogP contribution in [0.5, 0.6) is 5.75 Å². The quantitative estimate of drug-likeness (QED) is 0.426. The fourth-order valence-corrected chi connectivity index (χ4v) is 2.71. The third kappa shape index (κ3) is 4.44. The fraction of sp³-hybridized carbons (Fsp3) is 0.211. The molecule has 0 bridgehead atoms. The van der Waals surface area contributed by atoms with Gasteiger partial charge < -0.3 is 15.8 Å². The topological polar surface area (TPSA) is 101 Å². The molecule has 4 N–H and O–H groups in total. The van der Waals surface area contributed by atoms with Crippen LogP contribution in [0.4, 0.5) is 0 Å². The van der Waals surface area contributed by atoms with E-state index in [1.54, 1.807) is 24.5 Å². The van der Waals surface area contributed by atoms with Gasteiger partial charge in [0.15, 0.2) is 0 Å². The molecule has 0 saturated carbocycles. The van der Waals surface area contributed by atoms with Crippen LogP contribution in [0.1, 0.15) is 23.1 Å². The lowest BCUT2D eigenvalue weighted by Crippen LogP contribution is -2.27. The molecule has 1 amide bonds. The highest BCUT2D eigenvalue weighted by Crippen LogP contribution is 2.30. The number of amidine groups is 1. The Balaban J connectivity index is 1.45. The summed E-state index contributed by atoms with van der Waals surface area (Å²) in [4.78, 5) is 15.8. The predicted molar refractivity (Wildman–Crippen MR) is 96.5 cm³/mol. The number of hydrogen-bond donors (Lipinski definition) is 3. The van der Waals surface area contributed by atoms with Gasteiger partial charge in [0.25, 0.3) is 0 Å². The Morgan fingerprint density at radius 2 is 2.16 bits per heavy atom. The summed E-state index contributed by atoms with van der Waals surface area (Å²) >= 11 is 0. The van der Waals surface area contributed by atoms with Crippen LogP contribution in [0.3, 0.4) is 0 Å². The lowest BCUT2D eigenvalue weighted by Gasteiger charge is -2.10. The first kappa shape index (κ1) is 16.7. The predicted octanol–water partition coefficient (Wildman–Crippen LogP) is 1.89. The summed E-state index contributed by atoms with van der Waals surface area (Å²) in [6, 6.07) is 9.20. The zero-order chi connectivity index (χ0) is 17.6. The normalized spacial score (nSPS) is 15.6. The van der Waals surface area contributed by atoms with Gasteiger partial charge in [0, 0.05) is 43.4 Å². The second-order valence-corrected chi connectivity index (χ2v) is 5.87. The molecule has 1 atom stereocenters. The van der Waals surface area contributed by atoms with Gasteiger partial charge in [-0.1, -0.05) is 0 Å². The van der Waals surface area contributed by atoms with Gasteiger partial charge >= 0.3 is 0 Å². The molecule has 128 valence electrons. The second kappa shape index (κ2) is 7.61. The lowest BCUT2D eigenvalue weighted by molar-refractivity contribution is -0.116. The molecule has 1 aliphatic heterocycles. The highest BCUT2D eigenvalue weighted by molar-refractivity contribution is 5.95. The van der Waals surface area contributed by atoms with Crippen molar-refractivity contribution in [3.8, 4) is 5.75 Å². The number of nitrogen functional groups attached to an aromatic ring is 1. The number of carbonyl (C=O) groups excluding carboxylic acids is 1. The van der Waals surface area contributed by atoms with Gasteiger partial charge in [0.2, 0.25) is 5.91 Å². The summed E-state index contributed by atoms with van der Waals surface area (Å²) in [5.74, 6) is 0.754. The van der Waals surface area contributed by atoms with E-state index in [0.29, 0.717) is 12.1 Å². The molecule has 2 heterocycles. The van der Waals surface area contributed by atoms with Crippen LogP contribution in [0.15, 0.2) is 48.8 Å². The van der Waals surface area contributed by atoms with Gasteiger partial charge in [0.1, 0.15) is 17.7 Å². The summed E-state index contributed by atoms with van der Waals surface area (Å²) < 4.78 is 5.87. The number of fused-ring (bicyclic) bond motifs is 1. The molecule has 1 aromatic heterocycles. The zero-order valence-corrected chi connectivity index (χ0v) is 13.7. The molecule has 0 saturated heterocycles. The minimum Gasteiger partial charge on any atom is -0.490 e. The van der Waals surface area contributed by atoms with E-state index in [9.17, 15) is 4.79 Å². The molecular formula is C19H20N4O2. The molecule has 3 rings (SSSR count). The number of nitrogens with one attached hydrogen (secondary N) is 2. The van der Waals surface area contributed by atoms with Crippen molar-refractivity contribution in [2.24, 2.45) is 5.73 Å². The van der Waals surface area contributed by atoms with Crippen molar-refractivity contribution in [2.45, 2.75) is 18.9 Å². The Labute approximate surface area is 146 Å². The van der Waals surface area contributed by atoms with E-state index in [1.807, 2.05) is 24.3 Å². The molecule has 0 aliphatic carbocycles. The maximum absolute atomic E-state index is 11.8. The third-order valence-corrected chi connectivity index (χ3v) is 4.01. The van der Waals surface area contributed by atoms with E-state index in [1.165, 1.54) is 6.08 Å². The van der Waals surface area contributed by atoms with Crippen molar-refractivity contribution in [2.75, 3.05) is 6.54 Å². The minimum absolute atomic E-state index is 0.0293. The van der Waals surface area contributed by atoms with Gasteiger partial charge in [-0.25, -0.2) is 0 Å². The fourth-order valence-electron chi connectivity index (χ4n) is 2.71. The van der Waals surface area contributed by atoms with Gasteiger partial charge in [-0.2, -0.15) is 0 Å². The van der Waals surface area contributed by atoms with Crippen molar-refractivity contribution in [1.82, 2.24) is 10.3 Å². The van der Waals surface area contributed by atoms with E-state index < -0.39 is 0 Å². The Kier molecular flexibility index (Phi) is 5.09. The van der Waals surface area contributed by atoms with E-state index in [0.717, 1.165) is 29.7 Å². The van der Waals surface area contributed by atoms with Gasteiger partial charge in [0.05, 0.1) is 0 Å². The average molecular weight is 336 g/mol. The Morgan fingerprint density at radius 3 is 2.92 bits per heavy atom. The number of ether oxygens (including phenoxy) is 1. The standard InChI is InChI=1S/C19H20N4O2/c20-19(21)14-2-3-17-15(11-14)12-16(25-17)7-10-23-18(24)4-1-13-5-8-22-9-6-13/h1-6,8-9,11,16H,7,10,12H2,(H3,20,21)(H,23,24). The number of aromatic nitrogens is 1. The number of amides is 1. The average Bonchev–Trinajstić information content (AvgIpc) is 3.02. The molecular weight excluding hydrogens is 316 g/mol. The molecule has 2 aromatic rings. The van der Waals surface area contributed by atoms with Gasteiger partial charge in [-0.3, -0.25) is 15.2 Å². The van der Waals surface area contributed by atoms with Crippen LogP contribution in [0.25, 0.3) is 6.08 Å². The number of rotatable bonds is 6. The maximum Gasteiger partial charge on any atom is 0.244 e. The van der Waals surface area contributed by atoms with Crippen molar-refractivity contribution < 1.29 is 9.53 Å². The van der Waals surface area contributed by atoms with E-state index >= 15 is 0 Å². The Bertz CT molecular complexity index is 802. The molecule has 0 radical (unpaired) electrons. The zero-order valence-electron chi connectivity index (χ0n) is 13.7. The van der Waals surface area contributed by atoms with Crippen LogP contribution in [-0.4, -0.2) is 29.4 Å². The SMILES string of the molecule is N=C(N)c1ccc2c(c1)CC(CCNC(=O)C=Cc1ccncc1)O2. The molecule has 6 heteroatoms. The van der Waals surface area contributed by atoms with Crippen molar-refractivity contribution in [3.63, 3.8) is 0 Å². The smallest absolute Gasteiger partial charge is 0.244 e. The molecule has 25 heavy (non-hydrogen) atoms. The molecule has 1 aliphatic rings. The van der Waals surface area contributed by atoms with Crippen molar-refractivity contribution in [3.05, 3.63) is 65.5 Å². The van der Waals surface area contributed by atoms with Crippen LogP contribution >= 0.6 is 0 Å². The van der Waals surface area contributed by atoms with E-state index in [4.69, 9.17) is 15.9 Å². The van der Waals surface area contributed by atoms with Crippen LogP contribution in [0, 0.1) is 5.41 Å². The number of pyridine rings is 1. The molecule has 0 fully saturated rings. The summed E-state index contributed by atoms with van der Waals surface area (Å²) in [6.45, 7) is 0.539. The third-order valence-electron chi connectivity index (χ3n) is 4.01. The molecule has 1 aromatic carbocycles. The Hall–Kier alpha value is -3.15. The van der Waals surface area contributed by atoms with Gasteiger partial charge in [-0.15, -0.1) is 0 Å². The van der Waals surface area contributed by atoms with Crippen molar-refractivity contribution in [1.29, 1.82) is 5.41 Å². The van der Waals surface area contributed by atoms with Gasteiger partial charge in [-0.05, 0) is 47.5 Å². The number of carbonyl (C=O) groups is 1. The van der Waals surface area contributed by atoms with Crippen LogP contribution in [-0.2, 0) is 11.2 Å². The van der Waals surface area contributed by atoms with E-state index in [2.05, 4.69) is 10.3 Å². The van der Waals surface area contributed by atoms with Crippen molar-refractivity contribution >= 4 is 17.8 Å². The first-order chi connectivity index (χ1) is 12.1. The summed E-state index contributed by atoms with van der Waals surface area (Å²) in [5.41, 5.74) is 8.21. The highest BCUT2D eigenvalue weighted by atomic mass is 16.5. The molecule has 6 nitrogen and oxygen atoms in total.